The summed E-state index contributed by atoms with van der Waals surface area (Å²) in [6.07, 6.45) is 3.68. The van der Waals surface area contributed by atoms with E-state index in [2.05, 4.69) is 6.58 Å². The average Bonchev–Trinajstić information content (AvgIpc) is 2.96. The number of allylic oxidation sites excluding steroid dienone is 1. The first-order valence-electron chi connectivity index (χ1n) is 7.72. The molecule has 0 radical (unpaired) electrons. The van der Waals surface area contributed by atoms with Gasteiger partial charge in [0.05, 0.1) is 17.6 Å². The molecule has 2 fully saturated rings. The Morgan fingerprint density at radius 3 is 2.91 bits per heavy atom. The smallest absolute Gasteiger partial charge is 0.334 e. The van der Waals surface area contributed by atoms with Crippen molar-refractivity contribution in [3.05, 3.63) is 23.8 Å². The summed E-state index contributed by atoms with van der Waals surface area (Å²) in [7, 11) is 0. The topological polar surface area (TPSA) is 65.1 Å². The summed E-state index contributed by atoms with van der Waals surface area (Å²) in [6.45, 7) is 9.28. The molecule has 2 heterocycles. The Labute approximate surface area is 130 Å². The highest BCUT2D eigenvalue weighted by Gasteiger charge is 2.57. The van der Waals surface area contributed by atoms with Gasteiger partial charge in [0.25, 0.3) is 0 Å². The summed E-state index contributed by atoms with van der Waals surface area (Å²) >= 11 is 0. The van der Waals surface area contributed by atoms with Gasteiger partial charge in [0, 0.05) is 18.9 Å². The highest BCUT2D eigenvalue weighted by molar-refractivity contribution is 5.91. The number of rotatable bonds is 1. The van der Waals surface area contributed by atoms with E-state index in [1.807, 2.05) is 19.9 Å². The number of carbonyl (C=O) groups is 2. The van der Waals surface area contributed by atoms with Gasteiger partial charge in [-0.1, -0.05) is 12.2 Å². The van der Waals surface area contributed by atoms with Gasteiger partial charge in [0.15, 0.2) is 0 Å². The number of esters is 2. The molecule has 0 aromatic heterocycles. The van der Waals surface area contributed by atoms with Crippen LogP contribution in [0.3, 0.4) is 0 Å². The number of ether oxygens (including phenoxy) is 3. The molecule has 0 N–H and O–H groups in total. The van der Waals surface area contributed by atoms with Gasteiger partial charge in [-0.15, -0.1) is 0 Å². The maximum Gasteiger partial charge on any atom is 0.334 e. The summed E-state index contributed by atoms with van der Waals surface area (Å²) in [5.74, 6) is -1.12. The molecule has 120 valence electrons. The molecule has 0 aromatic carbocycles. The molecule has 5 unspecified atom stereocenters. The monoisotopic (exact) mass is 306 g/mol. The first kappa shape index (κ1) is 15.3. The Kier molecular flexibility index (Phi) is 3.63. The molecular formula is C17H22O5. The van der Waals surface area contributed by atoms with Crippen LogP contribution in [0.25, 0.3) is 0 Å². The molecule has 0 aromatic rings. The van der Waals surface area contributed by atoms with Crippen molar-refractivity contribution in [2.45, 2.75) is 63.9 Å². The fourth-order valence-corrected chi connectivity index (χ4v) is 3.58. The number of hydrogen-bond acceptors (Lipinski definition) is 5. The van der Waals surface area contributed by atoms with Crippen molar-refractivity contribution >= 4 is 11.9 Å². The molecule has 1 aliphatic carbocycles. The van der Waals surface area contributed by atoms with Crippen LogP contribution in [-0.4, -0.2) is 35.9 Å². The van der Waals surface area contributed by atoms with E-state index in [9.17, 15) is 9.59 Å². The lowest BCUT2D eigenvalue weighted by atomic mass is 9.83. The van der Waals surface area contributed by atoms with Gasteiger partial charge in [-0.2, -0.15) is 0 Å². The molecule has 0 amide bonds. The van der Waals surface area contributed by atoms with Gasteiger partial charge in [-0.3, -0.25) is 4.79 Å². The Hall–Kier alpha value is -1.62. The Morgan fingerprint density at radius 2 is 2.23 bits per heavy atom. The second kappa shape index (κ2) is 5.23. The van der Waals surface area contributed by atoms with Gasteiger partial charge < -0.3 is 14.2 Å². The van der Waals surface area contributed by atoms with Crippen LogP contribution >= 0.6 is 0 Å². The lowest BCUT2D eigenvalue weighted by Crippen LogP contribution is -2.35. The zero-order chi connectivity index (χ0) is 16.1. The van der Waals surface area contributed by atoms with Gasteiger partial charge in [0.2, 0.25) is 0 Å². The van der Waals surface area contributed by atoms with Crippen LogP contribution in [0.5, 0.6) is 0 Å². The van der Waals surface area contributed by atoms with E-state index in [1.54, 1.807) is 0 Å². The second-order valence-corrected chi connectivity index (χ2v) is 6.74. The number of hydrogen-bond donors (Lipinski definition) is 0. The van der Waals surface area contributed by atoms with E-state index in [4.69, 9.17) is 14.2 Å². The molecule has 3 rings (SSSR count). The Balaban J connectivity index is 1.95. The minimum atomic E-state index is -0.514. The Bertz CT molecular complexity index is 563. The van der Waals surface area contributed by atoms with Gasteiger partial charge in [-0.05, 0) is 32.8 Å². The second-order valence-electron chi connectivity index (χ2n) is 6.74. The Morgan fingerprint density at radius 1 is 1.50 bits per heavy atom. The van der Waals surface area contributed by atoms with E-state index in [1.165, 1.54) is 6.92 Å². The first-order valence-corrected chi connectivity index (χ1v) is 7.72. The predicted molar refractivity (Wildman–Crippen MR) is 79.0 cm³/mol. The van der Waals surface area contributed by atoms with E-state index in [0.717, 1.165) is 18.4 Å². The zero-order valence-corrected chi connectivity index (χ0v) is 13.3. The third-order valence-electron chi connectivity index (χ3n) is 4.87. The summed E-state index contributed by atoms with van der Waals surface area (Å²) < 4.78 is 16.8. The van der Waals surface area contributed by atoms with Crippen LogP contribution < -0.4 is 0 Å². The SMILES string of the molecule is C=C1C(=O)OC2CC3(C)OC3CC/C(C)=C\C(OC(C)=O)C12. The van der Waals surface area contributed by atoms with Crippen molar-refractivity contribution in [3.63, 3.8) is 0 Å². The molecule has 0 saturated carbocycles. The fraction of sp³-hybridized carbons (Fsp3) is 0.647. The van der Waals surface area contributed by atoms with Crippen molar-refractivity contribution in [2.24, 2.45) is 5.92 Å². The van der Waals surface area contributed by atoms with Crippen LogP contribution in [0.15, 0.2) is 23.8 Å². The maximum absolute atomic E-state index is 12.0. The summed E-state index contributed by atoms with van der Waals surface area (Å²) in [4.78, 5) is 23.4. The quantitative estimate of drug-likeness (QED) is 0.322. The van der Waals surface area contributed by atoms with Gasteiger partial charge in [0.1, 0.15) is 12.2 Å². The van der Waals surface area contributed by atoms with Crippen molar-refractivity contribution in [2.75, 3.05) is 0 Å². The summed E-state index contributed by atoms with van der Waals surface area (Å²) in [5, 5.41) is 0. The molecule has 3 aliphatic rings. The normalized spacial score (nSPS) is 43.3. The summed E-state index contributed by atoms with van der Waals surface area (Å²) in [6, 6.07) is 0. The van der Waals surface area contributed by atoms with Crippen molar-refractivity contribution in [3.8, 4) is 0 Å². The van der Waals surface area contributed by atoms with Crippen LogP contribution in [-0.2, 0) is 23.8 Å². The third-order valence-corrected chi connectivity index (χ3v) is 4.87. The third kappa shape index (κ3) is 2.70. The standard InChI is InChI=1S/C17H22O5/c1-9-5-6-14-17(4,22-14)8-13-15(10(2)16(19)21-13)12(7-9)20-11(3)18/h7,12-15H,2,5-6,8H2,1,3-4H3/b9-7-. The molecule has 0 bridgehead atoms. The lowest BCUT2D eigenvalue weighted by molar-refractivity contribution is -0.147. The zero-order valence-electron chi connectivity index (χ0n) is 13.3. The minimum Gasteiger partial charge on any atom is -0.458 e. The maximum atomic E-state index is 12.0. The highest BCUT2D eigenvalue weighted by Crippen LogP contribution is 2.48. The largest absolute Gasteiger partial charge is 0.458 e. The molecule has 2 aliphatic heterocycles. The van der Waals surface area contributed by atoms with Crippen molar-refractivity contribution in [1.82, 2.24) is 0 Å². The van der Waals surface area contributed by atoms with E-state index >= 15 is 0 Å². The number of carbonyl (C=O) groups excluding carboxylic acids is 2. The molecule has 5 heteroatoms. The van der Waals surface area contributed by atoms with E-state index in [0.29, 0.717) is 12.0 Å². The predicted octanol–water partition coefficient (Wildman–Crippen LogP) is 2.30. The minimum absolute atomic E-state index is 0.203. The van der Waals surface area contributed by atoms with Crippen LogP contribution in [0.2, 0.25) is 0 Å². The number of fused-ring (bicyclic) bond motifs is 2. The van der Waals surface area contributed by atoms with Gasteiger partial charge >= 0.3 is 11.9 Å². The van der Waals surface area contributed by atoms with E-state index in [-0.39, 0.29) is 29.7 Å². The first-order chi connectivity index (χ1) is 10.3. The average molecular weight is 306 g/mol. The molecule has 2 saturated heterocycles. The molecule has 5 nitrogen and oxygen atoms in total. The van der Waals surface area contributed by atoms with Crippen LogP contribution in [0, 0.1) is 5.92 Å². The lowest BCUT2D eigenvalue weighted by Gasteiger charge is -2.27. The van der Waals surface area contributed by atoms with Crippen molar-refractivity contribution in [1.29, 1.82) is 0 Å². The fourth-order valence-electron chi connectivity index (χ4n) is 3.58. The summed E-state index contributed by atoms with van der Waals surface area (Å²) in [5.41, 5.74) is 1.24. The molecular weight excluding hydrogens is 284 g/mol. The number of epoxide rings is 1. The van der Waals surface area contributed by atoms with Crippen LogP contribution in [0.1, 0.15) is 40.0 Å². The van der Waals surface area contributed by atoms with Gasteiger partial charge in [-0.25, -0.2) is 4.79 Å². The molecule has 22 heavy (non-hydrogen) atoms. The van der Waals surface area contributed by atoms with Crippen LogP contribution in [0.4, 0.5) is 0 Å². The molecule has 0 spiro atoms. The van der Waals surface area contributed by atoms with Crippen molar-refractivity contribution < 1.29 is 23.8 Å². The van der Waals surface area contributed by atoms with E-state index < -0.39 is 12.1 Å². The molecule has 5 atom stereocenters. The highest BCUT2D eigenvalue weighted by atomic mass is 16.6.